The first-order valence-corrected chi connectivity index (χ1v) is 5.61. The second kappa shape index (κ2) is 6.67. The van der Waals surface area contributed by atoms with Crippen LogP contribution in [0.25, 0.3) is 0 Å². The van der Waals surface area contributed by atoms with Crippen molar-refractivity contribution in [2.24, 2.45) is 0 Å². The molecule has 15 heavy (non-hydrogen) atoms. The van der Waals surface area contributed by atoms with Crippen molar-refractivity contribution in [2.75, 3.05) is 27.2 Å². The summed E-state index contributed by atoms with van der Waals surface area (Å²) in [6.45, 7) is 9.75. The summed E-state index contributed by atoms with van der Waals surface area (Å²) in [4.78, 5) is 15.3. The molecule has 1 rings (SSSR count). The molecule has 4 nitrogen and oxygen atoms in total. The number of likely N-dealkylation sites (N-methyl/N-ethyl adjacent to an activating group) is 1. The molecule has 0 aromatic rings. The molecule has 2 atom stereocenters. The molecule has 0 N–H and O–H groups in total. The van der Waals surface area contributed by atoms with Gasteiger partial charge in [-0.1, -0.05) is 13.8 Å². The Bertz CT molecular complexity index is 185. The first-order valence-electron chi connectivity index (χ1n) is 5.61. The number of ether oxygens (including phenoxy) is 1. The zero-order chi connectivity index (χ0) is 12.0. The highest BCUT2D eigenvalue weighted by atomic mass is 16.5. The van der Waals surface area contributed by atoms with Crippen molar-refractivity contribution in [3.8, 4) is 0 Å². The molecule has 90 valence electrons. The Balaban J connectivity index is 0.000000921. The van der Waals surface area contributed by atoms with E-state index >= 15 is 0 Å². The van der Waals surface area contributed by atoms with Gasteiger partial charge in [0.05, 0.1) is 7.11 Å². The second-order valence-electron chi connectivity index (χ2n) is 3.74. The summed E-state index contributed by atoms with van der Waals surface area (Å²) >= 11 is 0. The van der Waals surface area contributed by atoms with E-state index in [0.717, 1.165) is 13.1 Å². The van der Waals surface area contributed by atoms with Gasteiger partial charge in [0.25, 0.3) is 0 Å². The largest absolute Gasteiger partial charge is 0.453 e. The molecule has 1 aliphatic rings. The minimum atomic E-state index is -0.216. The van der Waals surface area contributed by atoms with Crippen molar-refractivity contribution in [2.45, 2.75) is 39.8 Å². The SMILES string of the molecule is CC.COC(=O)N1C[C@@H](C)N(C)[C@@H](C)C1. The van der Waals surface area contributed by atoms with Crippen molar-refractivity contribution in [1.29, 1.82) is 0 Å². The van der Waals surface area contributed by atoms with E-state index in [1.54, 1.807) is 4.90 Å². The normalized spacial score (nSPS) is 26.7. The Morgan fingerprint density at radius 3 is 1.93 bits per heavy atom. The average Bonchev–Trinajstić information content (AvgIpc) is 2.26. The number of carbonyl (C=O) groups excluding carboxylic acids is 1. The van der Waals surface area contributed by atoms with Crippen LogP contribution in [-0.2, 0) is 4.74 Å². The van der Waals surface area contributed by atoms with Crippen LogP contribution >= 0.6 is 0 Å². The molecule has 0 radical (unpaired) electrons. The first-order chi connectivity index (χ1) is 7.06. The van der Waals surface area contributed by atoms with E-state index in [1.807, 2.05) is 13.8 Å². The summed E-state index contributed by atoms with van der Waals surface area (Å²) in [5, 5.41) is 0. The van der Waals surface area contributed by atoms with Gasteiger partial charge in [0.1, 0.15) is 0 Å². The van der Waals surface area contributed by atoms with Crippen LogP contribution in [0.1, 0.15) is 27.7 Å². The topological polar surface area (TPSA) is 32.8 Å². The lowest BCUT2D eigenvalue weighted by Gasteiger charge is -2.41. The number of piperazine rings is 1. The molecule has 0 unspecified atom stereocenters. The van der Waals surface area contributed by atoms with E-state index in [2.05, 4.69) is 25.8 Å². The van der Waals surface area contributed by atoms with E-state index in [1.165, 1.54) is 7.11 Å². The van der Waals surface area contributed by atoms with Gasteiger partial charge in [-0.2, -0.15) is 0 Å². The van der Waals surface area contributed by atoms with Gasteiger partial charge in [0.2, 0.25) is 0 Å². The third kappa shape index (κ3) is 3.70. The molecule has 1 aliphatic heterocycles. The molecular formula is C11H24N2O2. The predicted molar refractivity (Wildman–Crippen MR) is 62.0 cm³/mol. The fourth-order valence-corrected chi connectivity index (χ4v) is 1.68. The summed E-state index contributed by atoms with van der Waals surface area (Å²) in [5.41, 5.74) is 0. The zero-order valence-electron chi connectivity index (χ0n) is 10.8. The van der Waals surface area contributed by atoms with E-state index in [-0.39, 0.29) is 6.09 Å². The van der Waals surface area contributed by atoms with Crippen molar-refractivity contribution >= 4 is 6.09 Å². The highest BCUT2D eigenvalue weighted by Gasteiger charge is 2.29. The van der Waals surface area contributed by atoms with Crippen LogP contribution in [0.3, 0.4) is 0 Å². The highest BCUT2D eigenvalue weighted by Crippen LogP contribution is 2.13. The van der Waals surface area contributed by atoms with Crippen LogP contribution in [0.4, 0.5) is 4.79 Å². The molecule has 1 fully saturated rings. The third-order valence-corrected chi connectivity index (χ3v) is 2.79. The molecule has 4 heteroatoms. The molecule has 0 aromatic carbocycles. The Kier molecular flexibility index (Phi) is 6.32. The van der Waals surface area contributed by atoms with Crippen LogP contribution in [0.5, 0.6) is 0 Å². The second-order valence-corrected chi connectivity index (χ2v) is 3.74. The van der Waals surface area contributed by atoms with Crippen molar-refractivity contribution in [3.63, 3.8) is 0 Å². The summed E-state index contributed by atoms with van der Waals surface area (Å²) in [7, 11) is 3.51. The Morgan fingerprint density at radius 1 is 1.20 bits per heavy atom. The van der Waals surface area contributed by atoms with Crippen LogP contribution in [0.15, 0.2) is 0 Å². The van der Waals surface area contributed by atoms with Gasteiger partial charge in [-0.05, 0) is 20.9 Å². The molecule has 0 saturated carbocycles. The van der Waals surface area contributed by atoms with Crippen molar-refractivity contribution in [1.82, 2.24) is 9.80 Å². The molecule has 1 saturated heterocycles. The Hall–Kier alpha value is -0.770. The molecule has 0 spiro atoms. The summed E-state index contributed by atoms with van der Waals surface area (Å²) in [6.07, 6.45) is -0.216. The first kappa shape index (κ1) is 14.2. The molecule has 1 amide bonds. The van der Waals surface area contributed by atoms with Gasteiger partial charge in [0, 0.05) is 25.2 Å². The molecule has 1 heterocycles. The van der Waals surface area contributed by atoms with Crippen LogP contribution < -0.4 is 0 Å². The number of hydrogen-bond acceptors (Lipinski definition) is 3. The highest BCUT2D eigenvalue weighted by molar-refractivity contribution is 5.67. The standard InChI is InChI=1S/C9H18N2O2.C2H6/c1-7-5-11(9(12)13-4)6-8(2)10(7)3;1-2/h7-8H,5-6H2,1-4H3;1-2H3/t7-,8+;. The van der Waals surface area contributed by atoms with Crippen LogP contribution in [0, 0.1) is 0 Å². The lowest BCUT2D eigenvalue weighted by Crippen LogP contribution is -2.56. The maximum absolute atomic E-state index is 11.2. The molecule has 0 aliphatic carbocycles. The van der Waals surface area contributed by atoms with Gasteiger partial charge in [0.15, 0.2) is 0 Å². The molecular weight excluding hydrogens is 192 g/mol. The number of amides is 1. The van der Waals surface area contributed by atoms with Crippen molar-refractivity contribution in [3.05, 3.63) is 0 Å². The van der Waals surface area contributed by atoms with E-state index in [4.69, 9.17) is 4.74 Å². The minimum absolute atomic E-state index is 0.216. The van der Waals surface area contributed by atoms with Gasteiger partial charge in [-0.15, -0.1) is 0 Å². The Labute approximate surface area is 93.2 Å². The fraction of sp³-hybridized carbons (Fsp3) is 0.909. The lowest BCUT2D eigenvalue weighted by molar-refractivity contribution is 0.0495. The number of nitrogens with zero attached hydrogens (tertiary/aromatic N) is 2. The monoisotopic (exact) mass is 216 g/mol. The smallest absolute Gasteiger partial charge is 0.409 e. The van der Waals surface area contributed by atoms with E-state index in [0.29, 0.717) is 12.1 Å². The number of hydrogen-bond donors (Lipinski definition) is 0. The third-order valence-electron chi connectivity index (χ3n) is 2.79. The van der Waals surface area contributed by atoms with Gasteiger partial charge >= 0.3 is 6.09 Å². The summed E-state index contributed by atoms with van der Waals surface area (Å²) in [5.74, 6) is 0. The lowest BCUT2D eigenvalue weighted by atomic mass is 10.1. The number of methoxy groups -OCH3 is 1. The minimum Gasteiger partial charge on any atom is -0.453 e. The van der Waals surface area contributed by atoms with E-state index < -0.39 is 0 Å². The number of carbonyl (C=O) groups is 1. The van der Waals surface area contributed by atoms with E-state index in [9.17, 15) is 4.79 Å². The van der Waals surface area contributed by atoms with Gasteiger partial charge in [-0.3, -0.25) is 4.90 Å². The van der Waals surface area contributed by atoms with Crippen molar-refractivity contribution < 1.29 is 9.53 Å². The Morgan fingerprint density at radius 2 is 1.60 bits per heavy atom. The van der Waals surface area contributed by atoms with Gasteiger partial charge < -0.3 is 9.64 Å². The maximum atomic E-state index is 11.2. The molecule has 0 bridgehead atoms. The van der Waals surface area contributed by atoms with Gasteiger partial charge in [-0.25, -0.2) is 4.79 Å². The molecule has 0 aromatic heterocycles. The predicted octanol–water partition coefficient (Wildman–Crippen LogP) is 1.80. The number of rotatable bonds is 0. The van der Waals surface area contributed by atoms with Crippen LogP contribution in [-0.4, -0.2) is 55.2 Å². The average molecular weight is 216 g/mol. The summed E-state index contributed by atoms with van der Waals surface area (Å²) < 4.78 is 4.69. The summed E-state index contributed by atoms with van der Waals surface area (Å²) in [6, 6.07) is 0.811. The maximum Gasteiger partial charge on any atom is 0.409 e. The fourth-order valence-electron chi connectivity index (χ4n) is 1.68. The quantitative estimate of drug-likeness (QED) is 0.619. The zero-order valence-corrected chi connectivity index (χ0v) is 10.8. The van der Waals surface area contributed by atoms with Crippen LogP contribution in [0.2, 0.25) is 0 Å².